The zero-order valence-corrected chi connectivity index (χ0v) is 17.1. The van der Waals surface area contributed by atoms with Crippen LogP contribution in [0.1, 0.15) is 0 Å². The first kappa shape index (κ1) is 24.2. The maximum Gasteiger partial charge on any atom is 0.295 e. The van der Waals surface area contributed by atoms with E-state index in [4.69, 9.17) is 9.11 Å². The average molecular weight is 511 g/mol. The lowest BCUT2D eigenvalue weighted by Crippen LogP contribution is -2.33. The third kappa shape index (κ3) is 4.96. The first-order valence-electron chi connectivity index (χ1n) is 6.88. The van der Waals surface area contributed by atoms with Crippen LogP contribution in [-0.2, 0) is 40.3 Å². The number of halogens is 3. The van der Waals surface area contributed by atoms with Crippen molar-refractivity contribution in [1.29, 1.82) is 0 Å². The Morgan fingerprint density at radius 3 is 1.60 bits per heavy atom. The van der Waals surface area contributed by atoms with E-state index in [2.05, 4.69) is 0 Å². The van der Waals surface area contributed by atoms with Gasteiger partial charge in [0.05, 0.1) is 4.90 Å². The molecule has 0 fully saturated rings. The molecule has 0 saturated heterocycles. The van der Waals surface area contributed by atoms with Gasteiger partial charge in [-0.2, -0.15) is 16.8 Å². The minimum Gasteiger partial charge on any atom is -0.282 e. The van der Waals surface area contributed by atoms with E-state index in [0.717, 1.165) is 4.13 Å². The molecule has 0 atom stereocenters. The molecule has 0 unspecified atom stereocenters. The second-order valence-electron chi connectivity index (χ2n) is 5.35. The van der Waals surface area contributed by atoms with E-state index in [1.807, 2.05) is 0 Å². The van der Waals surface area contributed by atoms with Crippen molar-refractivity contribution in [3.8, 4) is 0 Å². The maximum absolute atomic E-state index is 13.7. The van der Waals surface area contributed by atoms with E-state index in [0.29, 0.717) is 6.07 Å². The largest absolute Gasteiger partial charge is 0.295 e. The Morgan fingerprint density at radius 2 is 1.17 bits per heavy atom. The van der Waals surface area contributed by atoms with Gasteiger partial charge in [-0.1, -0.05) is 0 Å². The molecule has 0 amide bonds. The van der Waals surface area contributed by atoms with Gasteiger partial charge in [-0.25, -0.2) is 30.0 Å². The monoisotopic (exact) mass is 511 g/mol. The number of nitrogens with one attached hydrogen (secondary N) is 1. The Balaban J connectivity index is 2.71. The minimum atomic E-state index is -5.64. The Bertz CT molecular complexity index is 1440. The Labute approximate surface area is 167 Å². The van der Waals surface area contributed by atoms with Gasteiger partial charge in [0, 0.05) is 12.1 Å². The molecule has 18 heteroatoms. The molecule has 0 bridgehead atoms. The van der Waals surface area contributed by atoms with E-state index in [1.165, 1.54) is 0 Å². The molecule has 2 aromatic rings. The summed E-state index contributed by atoms with van der Waals surface area (Å²) in [6, 6.07) is 0.361. The number of sulfonamides is 2. The maximum atomic E-state index is 13.7. The van der Waals surface area contributed by atoms with E-state index in [1.54, 1.807) is 0 Å². The van der Waals surface area contributed by atoms with Crippen LogP contribution in [-0.4, -0.2) is 42.8 Å². The van der Waals surface area contributed by atoms with Crippen LogP contribution in [0.15, 0.2) is 49.9 Å². The summed E-state index contributed by atoms with van der Waals surface area (Å²) in [5.74, 6) is -5.57. The Hall–Kier alpha value is -2.09. The van der Waals surface area contributed by atoms with Gasteiger partial charge >= 0.3 is 0 Å². The van der Waals surface area contributed by atoms with Gasteiger partial charge in [0.1, 0.15) is 27.2 Å². The van der Waals surface area contributed by atoms with Crippen LogP contribution in [0.3, 0.4) is 0 Å². The Morgan fingerprint density at radius 1 is 0.667 bits per heavy atom. The molecule has 166 valence electrons. The summed E-state index contributed by atoms with van der Waals surface area (Å²) in [5, 5.41) is 0. The summed E-state index contributed by atoms with van der Waals surface area (Å²) in [5.41, 5.74) is 0. The summed E-state index contributed by atoms with van der Waals surface area (Å²) in [6.07, 6.45) is 0. The molecule has 0 aromatic heterocycles. The SMILES string of the molecule is O=S(=O)(O)c1ccc(S(=O)(=O)NS(=O)(=O)c2c(F)cc(F)cc2F)c(S(=O)(=O)O)c1. The third-order valence-corrected chi connectivity index (χ3v) is 8.72. The fraction of sp³-hybridized carbons (Fsp3) is 0. The molecule has 0 saturated carbocycles. The molecule has 0 radical (unpaired) electrons. The zero-order chi connectivity index (χ0) is 23.3. The summed E-state index contributed by atoms with van der Waals surface area (Å²) < 4.78 is 153. The predicted octanol–water partition coefficient (Wildman–Crippen LogP) is 0.264. The summed E-state index contributed by atoms with van der Waals surface area (Å²) >= 11 is 0. The van der Waals surface area contributed by atoms with E-state index < -0.39 is 77.3 Å². The molecule has 2 rings (SSSR count). The van der Waals surface area contributed by atoms with Gasteiger partial charge in [-0.15, -0.1) is 4.13 Å². The first-order chi connectivity index (χ1) is 13.4. The quantitative estimate of drug-likeness (QED) is 0.454. The average Bonchev–Trinajstić information content (AvgIpc) is 2.50. The van der Waals surface area contributed by atoms with Crippen molar-refractivity contribution >= 4 is 40.3 Å². The molecule has 2 aromatic carbocycles. The summed E-state index contributed by atoms with van der Waals surface area (Å²) in [7, 11) is -21.8. The highest BCUT2D eigenvalue weighted by Crippen LogP contribution is 2.27. The van der Waals surface area contributed by atoms with Crippen molar-refractivity contribution in [3.05, 3.63) is 47.8 Å². The van der Waals surface area contributed by atoms with Gasteiger partial charge in [0.25, 0.3) is 40.3 Å². The Kier molecular flexibility index (Phi) is 6.09. The van der Waals surface area contributed by atoms with Gasteiger partial charge in [0.15, 0.2) is 4.90 Å². The van der Waals surface area contributed by atoms with Crippen LogP contribution >= 0.6 is 0 Å². The molecule has 0 aliphatic carbocycles. The third-order valence-electron chi connectivity index (χ3n) is 3.23. The summed E-state index contributed by atoms with van der Waals surface area (Å²) in [6.45, 7) is 0. The van der Waals surface area contributed by atoms with Crippen molar-refractivity contribution < 1.29 is 55.9 Å². The van der Waals surface area contributed by atoms with Gasteiger partial charge in [-0.3, -0.25) is 9.11 Å². The summed E-state index contributed by atoms with van der Waals surface area (Å²) in [4.78, 5) is -6.34. The van der Waals surface area contributed by atoms with Crippen molar-refractivity contribution in [2.24, 2.45) is 0 Å². The van der Waals surface area contributed by atoms with Crippen LogP contribution < -0.4 is 4.13 Å². The number of hydrogen-bond acceptors (Lipinski definition) is 8. The van der Waals surface area contributed by atoms with Crippen molar-refractivity contribution in [2.75, 3.05) is 0 Å². The first-order valence-corrected chi connectivity index (χ1v) is 12.7. The molecule has 30 heavy (non-hydrogen) atoms. The van der Waals surface area contributed by atoms with E-state index >= 15 is 0 Å². The van der Waals surface area contributed by atoms with Crippen molar-refractivity contribution in [1.82, 2.24) is 4.13 Å². The lowest BCUT2D eigenvalue weighted by atomic mass is 10.3. The second-order valence-corrected chi connectivity index (χ2v) is 11.7. The molecule has 0 heterocycles. The van der Waals surface area contributed by atoms with Crippen LogP contribution in [0.2, 0.25) is 0 Å². The van der Waals surface area contributed by atoms with E-state index in [-0.39, 0.29) is 24.3 Å². The highest BCUT2D eigenvalue weighted by Gasteiger charge is 2.34. The standard InChI is InChI=1S/C12H8F3NO10S4/c13-6-3-8(14)12(9(15)4-6)28(19,20)16-27(17,18)10-2-1-7(29(21,22)23)5-11(10)30(24,25)26/h1-5,16H,(H,21,22,23)(H,24,25,26). The van der Waals surface area contributed by atoms with Gasteiger partial charge in [0.2, 0.25) is 0 Å². The second kappa shape index (κ2) is 7.55. The smallest absolute Gasteiger partial charge is 0.282 e. The van der Waals surface area contributed by atoms with Crippen LogP contribution in [0.5, 0.6) is 0 Å². The molecule has 0 spiro atoms. The fourth-order valence-corrected chi connectivity index (χ4v) is 6.96. The number of benzene rings is 2. The molecule has 3 N–H and O–H groups in total. The lowest BCUT2D eigenvalue weighted by molar-refractivity contribution is 0.476. The van der Waals surface area contributed by atoms with Crippen LogP contribution in [0.25, 0.3) is 0 Å². The highest BCUT2D eigenvalue weighted by molar-refractivity contribution is 8.05. The normalized spacial score (nSPS) is 13.4. The molecule has 11 nitrogen and oxygen atoms in total. The molecule has 0 aliphatic rings. The minimum absolute atomic E-state index is 0.00902. The van der Waals surface area contributed by atoms with Crippen molar-refractivity contribution in [3.63, 3.8) is 0 Å². The molecular weight excluding hydrogens is 503 g/mol. The number of hydrogen-bond donors (Lipinski definition) is 3. The predicted molar refractivity (Wildman–Crippen MR) is 89.9 cm³/mol. The van der Waals surface area contributed by atoms with E-state index in [9.17, 15) is 46.8 Å². The highest BCUT2D eigenvalue weighted by atomic mass is 32.3. The molecule has 0 aliphatic heterocycles. The van der Waals surface area contributed by atoms with Gasteiger partial charge in [-0.05, 0) is 18.2 Å². The van der Waals surface area contributed by atoms with Crippen LogP contribution in [0.4, 0.5) is 13.2 Å². The lowest BCUT2D eigenvalue weighted by Gasteiger charge is -2.12. The zero-order valence-electron chi connectivity index (χ0n) is 13.8. The topological polar surface area (TPSA) is 189 Å². The van der Waals surface area contributed by atoms with Crippen LogP contribution in [0, 0.1) is 17.5 Å². The fourth-order valence-electron chi connectivity index (χ4n) is 2.09. The molecular formula is C12H8F3NO10S4. The van der Waals surface area contributed by atoms with Gasteiger partial charge < -0.3 is 0 Å². The number of rotatable bonds is 6. The van der Waals surface area contributed by atoms with Crippen molar-refractivity contribution in [2.45, 2.75) is 19.6 Å².